The zero-order valence-corrected chi connectivity index (χ0v) is 14.9. The molecule has 122 valence electrons. The molecule has 0 aromatic heterocycles. The number of thiocarbonyl (C=S) groups is 2. The van der Waals surface area contributed by atoms with Gasteiger partial charge in [-0.15, -0.1) is 0 Å². The third-order valence-electron chi connectivity index (χ3n) is 3.43. The molecule has 1 fully saturated rings. The summed E-state index contributed by atoms with van der Waals surface area (Å²) in [5.74, 6) is 0. The van der Waals surface area contributed by atoms with Crippen molar-refractivity contribution in [3.63, 3.8) is 0 Å². The smallest absolute Gasteiger partial charge is 0.169 e. The molecular formula is C14H29N5S2. The highest BCUT2D eigenvalue weighted by Crippen LogP contribution is 2.01. The molecule has 0 aliphatic carbocycles. The average molecular weight is 332 g/mol. The molecular weight excluding hydrogens is 302 g/mol. The molecule has 1 rings (SSSR count). The van der Waals surface area contributed by atoms with Crippen molar-refractivity contribution in [2.45, 2.75) is 26.7 Å². The maximum atomic E-state index is 5.40. The van der Waals surface area contributed by atoms with Gasteiger partial charge in [-0.05, 0) is 37.3 Å². The molecule has 0 atom stereocenters. The summed E-state index contributed by atoms with van der Waals surface area (Å²) < 4.78 is 0. The summed E-state index contributed by atoms with van der Waals surface area (Å²) in [6, 6.07) is 0. The third kappa shape index (κ3) is 7.78. The quantitative estimate of drug-likeness (QED) is 0.595. The van der Waals surface area contributed by atoms with Gasteiger partial charge in [-0.25, -0.2) is 0 Å². The van der Waals surface area contributed by atoms with E-state index in [0.29, 0.717) is 0 Å². The van der Waals surface area contributed by atoms with Gasteiger partial charge in [-0.2, -0.15) is 0 Å². The fraction of sp³-hybridized carbons (Fsp3) is 0.857. The molecule has 7 heteroatoms. The molecule has 3 N–H and O–H groups in total. The lowest BCUT2D eigenvalue weighted by Gasteiger charge is -2.36. The second-order valence-electron chi connectivity index (χ2n) is 5.24. The van der Waals surface area contributed by atoms with Crippen molar-refractivity contribution < 1.29 is 0 Å². The zero-order chi connectivity index (χ0) is 15.5. The fourth-order valence-electron chi connectivity index (χ4n) is 2.15. The Morgan fingerprint density at radius 1 is 0.857 bits per heavy atom. The second kappa shape index (κ2) is 11.0. The summed E-state index contributed by atoms with van der Waals surface area (Å²) in [5.41, 5.74) is 0. The Kier molecular flexibility index (Phi) is 9.62. The van der Waals surface area contributed by atoms with Gasteiger partial charge in [0.05, 0.1) is 0 Å². The van der Waals surface area contributed by atoms with Gasteiger partial charge in [0.15, 0.2) is 10.2 Å². The van der Waals surface area contributed by atoms with Crippen LogP contribution in [0.4, 0.5) is 0 Å². The van der Waals surface area contributed by atoms with Gasteiger partial charge in [0.25, 0.3) is 0 Å². The molecule has 0 bridgehead atoms. The van der Waals surface area contributed by atoms with E-state index in [1.54, 1.807) is 0 Å². The van der Waals surface area contributed by atoms with E-state index in [4.69, 9.17) is 24.4 Å². The number of hydrogen-bond donors (Lipinski definition) is 3. The number of nitrogens with zero attached hydrogens (tertiary/aromatic N) is 2. The van der Waals surface area contributed by atoms with E-state index < -0.39 is 0 Å². The van der Waals surface area contributed by atoms with Crippen molar-refractivity contribution in [2.24, 2.45) is 0 Å². The third-order valence-corrected chi connectivity index (χ3v) is 4.13. The minimum Gasteiger partial charge on any atom is -0.363 e. The van der Waals surface area contributed by atoms with Crippen LogP contribution in [-0.2, 0) is 0 Å². The predicted molar refractivity (Wildman–Crippen MR) is 97.8 cm³/mol. The van der Waals surface area contributed by atoms with Crippen LogP contribution < -0.4 is 16.0 Å². The first-order chi connectivity index (χ1) is 10.2. The Hall–Kier alpha value is -0.660. The fourth-order valence-corrected chi connectivity index (χ4v) is 2.64. The Bertz CT molecular complexity index is 314. The van der Waals surface area contributed by atoms with Gasteiger partial charge in [0.1, 0.15) is 0 Å². The van der Waals surface area contributed by atoms with Crippen molar-refractivity contribution in [1.82, 2.24) is 25.8 Å². The molecule has 0 aromatic rings. The van der Waals surface area contributed by atoms with E-state index in [9.17, 15) is 0 Å². The summed E-state index contributed by atoms with van der Waals surface area (Å²) in [6.07, 6.45) is 2.20. The van der Waals surface area contributed by atoms with Crippen LogP contribution in [0.25, 0.3) is 0 Å². The van der Waals surface area contributed by atoms with E-state index in [1.807, 2.05) is 0 Å². The molecule has 1 heterocycles. The van der Waals surface area contributed by atoms with Crippen LogP contribution in [0.2, 0.25) is 0 Å². The van der Waals surface area contributed by atoms with Crippen LogP contribution >= 0.6 is 24.4 Å². The van der Waals surface area contributed by atoms with Crippen LogP contribution in [0.5, 0.6) is 0 Å². The molecule has 0 amide bonds. The second-order valence-corrected chi connectivity index (χ2v) is 6.04. The van der Waals surface area contributed by atoms with Gasteiger partial charge in [-0.1, -0.05) is 13.8 Å². The van der Waals surface area contributed by atoms with Crippen LogP contribution in [0.3, 0.4) is 0 Å². The monoisotopic (exact) mass is 331 g/mol. The van der Waals surface area contributed by atoms with E-state index >= 15 is 0 Å². The molecule has 1 aliphatic rings. The SMILES string of the molecule is CCCNC(=S)NCCN1CCN(C(=S)NCCC)CC1. The highest BCUT2D eigenvalue weighted by Gasteiger charge is 2.18. The molecule has 5 nitrogen and oxygen atoms in total. The molecule has 0 radical (unpaired) electrons. The molecule has 0 spiro atoms. The lowest BCUT2D eigenvalue weighted by Crippen LogP contribution is -2.53. The summed E-state index contributed by atoms with van der Waals surface area (Å²) in [4.78, 5) is 4.72. The summed E-state index contributed by atoms with van der Waals surface area (Å²) in [5, 5.41) is 11.4. The first kappa shape index (κ1) is 18.4. The zero-order valence-electron chi connectivity index (χ0n) is 13.3. The van der Waals surface area contributed by atoms with E-state index in [-0.39, 0.29) is 0 Å². The van der Waals surface area contributed by atoms with Crippen LogP contribution in [-0.4, -0.2) is 72.4 Å². The van der Waals surface area contributed by atoms with Gasteiger partial charge in [-0.3, -0.25) is 4.90 Å². The standard InChI is InChI=1S/C14H29N5S2/c1-3-5-15-13(20)16-7-8-18-9-11-19(12-10-18)14(21)17-6-4-2/h3-12H2,1-2H3,(H,17,21)(H2,15,16,20). The van der Waals surface area contributed by atoms with Gasteiger partial charge >= 0.3 is 0 Å². The van der Waals surface area contributed by atoms with Crippen molar-refractivity contribution in [3.05, 3.63) is 0 Å². The highest BCUT2D eigenvalue weighted by atomic mass is 32.1. The minimum absolute atomic E-state index is 0.764. The molecule has 1 saturated heterocycles. The summed E-state index contributed by atoms with van der Waals surface area (Å²) >= 11 is 10.6. The van der Waals surface area contributed by atoms with E-state index in [1.165, 1.54) is 0 Å². The van der Waals surface area contributed by atoms with Gasteiger partial charge in [0, 0.05) is 52.4 Å². The van der Waals surface area contributed by atoms with E-state index in [0.717, 1.165) is 75.4 Å². The first-order valence-corrected chi connectivity index (χ1v) is 8.75. The normalized spacial score (nSPS) is 15.6. The number of rotatable bonds is 7. The van der Waals surface area contributed by atoms with Gasteiger partial charge < -0.3 is 20.9 Å². The first-order valence-electron chi connectivity index (χ1n) is 7.94. The number of nitrogens with one attached hydrogen (secondary N) is 3. The van der Waals surface area contributed by atoms with Crippen LogP contribution in [0.15, 0.2) is 0 Å². The summed E-state index contributed by atoms with van der Waals surface area (Å²) in [7, 11) is 0. The number of piperazine rings is 1. The lowest BCUT2D eigenvalue weighted by atomic mass is 10.3. The Morgan fingerprint density at radius 3 is 2.05 bits per heavy atom. The molecule has 1 aliphatic heterocycles. The molecule has 0 saturated carbocycles. The van der Waals surface area contributed by atoms with Crippen molar-refractivity contribution in [3.8, 4) is 0 Å². The minimum atomic E-state index is 0.764. The van der Waals surface area contributed by atoms with Crippen molar-refractivity contribution >= 4 is 34.7 Å². The predicted octanol–water partition coefficient (Wildman–Crippen LogP) is 0.763. The summed E-state index contributed by atoms with van der Waals surface area (Å²) in [6.45, 7) is 12.2. The van der Waals surface area contributed by atoms with Crippen LogP contribution in [0, 0.1) is 0 Å². The lowest BCUT2D eigenvalue weighted by molar-refractivity contribution is 0.184. The maximum Gasteiger partial charge on any atom is 0.169 e. The Balaban J connectivity index is 2.10. The largest absolute Gasteiger partial charge is 0.363 e. The number of hydrogen-bond acceptors (Lipinski definition) is 3. The maximum absolute atomic E-state index is 5.40. The Labute approximate surface area is 139 Å². The molecule has 21 heavy (non-hydrogen) atoms. The molecule has 0 unspecified atom stereocenters. The highest BCUT2D eigenvalue weighted by molar-refractivity contribution is 7.80. The van der Waals surface area contributed by atoms with Crippen molar-refractivity contribution in [1.29, 1.82) is 0 Å². The van der Waals surface area contributed by atoms with Crippen LogP contribution in [0.1, 0.15) is 26.7 Å². The van der Waals surface area contributed by atoms with Gasteiger partial charge in [0.2, 0.25) is 0 Å². The Morgan fingerprint density at radius 2 is 1.43 bits per heavy atom. The topological polar surface area (TPSA) is 42.6 Å². The van der Waals surface area contributed by atoms with Crippen molar-refractivity contribution in [2.75, 3.05) is 52.4 Å². The van der Waals surface area contributed by atoms with E-state index in [2.05, 4.69) is 39.6 Å². The average Bonchev–Trinajstić information content (AvgIpc) is 2.51. The molecule has 0 aromatic carbocycles.